The van der Waals surface area contributed by atoms with Gasteiger partial charge in [0.1, 0.15) is 0 Å². The van der Waals surface area contributed by atoms with Crippen LogP contribution >= 0.6 is 0 Å². The van der Waals surface area contributed by atoms with Gasteiger partial charge in [0.2, 0.25) is 0 Å². The highest BCUT2D eigenvalue weighted by molar-refractivity contribution is 5.89. The molecule has 0 saturated heterocycles. The fourth-order valence-electron chi connectivity index (χ4n) is 7.20. The molecule has 0 amide bonds. The van der Waals surface area contributed by atoms with Crippen molar-refractivity contribution in [3.05, 3.63) is 95.1 Å². The van der Waals surface area contributed by atoms with Gasteiger partial charge in [0.15, 0.2) is 0 Å². The van der Waals surface area contributed by atoms with Crippen molar-refractivity contribution in [1.82, 2.24) is 0 Å². The Morgan fingerprint density at radius 3 is 1.45 bits per heavy atom. The molecule has 0 nitrogen and oxygen atoms in total. The second-order valence-electron chi connectivity index (χ2n) is 12.4. The highest BCUT2D eigenvalue weighted by Crippen LogP contribution is 2.55. The van der Waals surface area contributed by atoms with E-state index in [4.69, 9.17) is 0 Å². The molecule has 0 saturated carbocycles. The van der Waals surface area contributed by atoms with E-state index in [1.54, 1.807) is 11.1 Å². The number of fused-ring (bicyclic) bond motifs is 4. The maximum atomic E-state index is 3.36. The molecule has 0 aliphatic heterocycles. The van der Waals surface area contributed by atoms with Gasteiger partial charge in [-0.15, -0.1) is 0 Å². The summed E-state index contributed by atoms with van der Waals surface area (Å²) in [5.41, 5.74) is 6.27. The van der Waals surface area contributed by atoms with E-state index in [0.717, 1.165) is 0 Å². The number of unbranched alkanes of at least 4 members (excludes halogenated alkanes) is 8. The van der Waals surface area contributed by atoms with Crippen molar-refractivity contribution in [3.63, 3.8) is 0 Å². The standard InChI is InChI=1S/C38H46/c1-5-7-9-11-17-23-38(24-18-12-10-8-6-2)35-27-31-21-15-13-19-29(31)25-33(35)37(3,4)34-26-30-20-14-16-22-32(30)28-36(34)38/h13,16,19-22,25-28H,5-12,17-18,23-24H2,1-4H3. The van der Waals surface area contributed by atoms with Crippen LogP contribution in [-0.2, 0) is 10.8 Å². The first-order valence-corrected chi connectivity index (χ1v) is 15.4. The molecule has 0 aromatic heterocycles. The van der Waals surface area contributed by atoms with E-state index >= 15 is 0 Å². The largest absolute Gasteiger partial charge is 0.0654 e. The molecule has 0 heterocycles. The van der Waals surface area contributed by atoms with Crippen LogP contribution in [0.3, 0.4) is 0 Å². The normalized spacial score (nSPS) is 15.5. The van der Waals surface area contributed by atoms with Crippen molar-refractivity contribution in [2.24, 2.45) is 0 Å². The first-order valence-electron chi connectivity index (χ1n) is 15.4. The van der Waals surface area contributed by atoms with Crippen molar-refractivity contribution < 1.29 is 0 Å². The van der Waals surface area contributed by atoms with Gasteiger partial charge in [-0.3, -0.25) is 0 Å². The van der Waals surface area contributed by atoms with Gasteiger partial charge < -0.3 is 0 Å². The monoisotopic (exact) mass is 502 g/mol. The second kappa shape index (κ2) is 11.6. The predicted octanol–water partition coefficient (Wildman–Crippen LogP) is 11.2. The first-order chi connectivity index (χ1) is 18.5. The second-order valence-corrected chi connectivity index (χ2v) is 12.4. The summed E-state index contributed by atoms with van der Waals surface area (Å²) in [5.74, 6) is 0. The van der Waals surface area contributed by atoms with Gasteiger partial charge in [-0.2, -0.15) is 0 Å². The number of rotatable bonds is 12. The summed E-state index contributed by atoms with van der Waals surface area (Å²) in [6.07, 6.45) is 15.8. The van der Waals surface area contributed by atoms with Crippen LogP contribution in [0, 0.1) is 12.1 Å². The lowest BCUT2D eigenvalue weighted by Gasteiger charge is -2.48. The van der Waals surface area contributed by atoms with Gasteiger partial charge in [0.05, 0.1) is 0 Å². The van der Waals surface area contributed by atoms with Crippen LogP contribution in [-0.4, -0.2) is 0 Å². The molecule has 0 heteroatoms. The Morgan fingerprint density at radius 1 is 0.526 bits per heavy atom. The van der Waals surface area contributed by atoms with Crippen molar-refractivity contribution in [1.29, 1.82) is 0 Å². The van der Waals surface area contributed by atoms with Crippen LogP contribution < -0.4 is 0 Å². The Hall–Kier alpha value is -2.60. The van der Waals surface area contributed by atoms with E-state index in [1.807, 2.05) is 0 Å². The highest BCUT2D eigenvalue weighted by atomic mass is 14.5. The van der Waals surface area contributed by atoms with Crippen LogP contribution in [0.4, 0.5) is 0 Å². The number of hydrogen-bond acceptors (Lipinski definition) is 0. The predicted molar refractivity (Wildman–Crippen MR) is 165 cm³/mol. The smallest absolute Gasteiger partial charge is 0.0209 e. The average Bonchev–Trinajstić information content (AvgIpc) is 2.94. The van der Waals surface area contributed by atoms with E-state index in [0.29, 0.717) is 0 Å². The molecule has 4 aromatic carbocycles. The molecular weight excluding hydrogens is 456 g/mol. The third-order valence-corrected chi connectivity index (χ3v) is 9.43. The van der Waals surface area contributed by atoms with Crippen molar-refractivity contribution in [2.45, 2.75) is 116 Å². The maximum Gasteiger partial charge on any atom is 0.0209 e. The molecule has 1 aliphatic rings. The van der Waals surface area contributed by atoms with E-state index in [-0.39, 0.29) is 10.8 Å². The van der Waals surface area contributed by atoms with Crippen molar-refractivity contribution >= 4 is 21.5 Å². The molecular formula is C38H46. The SMILES string of the molecule is CCCCCCCC1(CCCCCCC)c2cc3c[c]ccc3cc2C(C)(C)c2cc3c[c]ccc3cc21. The Labute approximate surface area is 231 Å². The van der Waals surface area contributed by atoms with Crippen LogP contribution in [0.15, 0.2) is 60.7 Å². The molecule has 4 aromatic rings. The Bertz CT molecular complexity index is 1270. The van der Waals surface area contributed by atoms with Gasteiger partial charge in [0, 0.05) is 10.8 Å². The summed E-state index contributed by atoms with van der Waals surface area (Å²) < 4.78 is 0. The minimum absolute atomic E-state index is 0.0453. The third-order valence-electron chi connectivity index (χ3n) is 9.43. The lowest BCUT2D eigenvalue weighted by atomic mass is 9.55. The molecule has 38 heavy (non-hydrogen) atoms. The quantitative estimate of drug-likeness (QED) is 0.169. The summed E-state index contributed by atoms with van der Waals surface area (Å²) in [6, 6.07) is 29.9. The van der Waals surface area contributed by atoms with E-state index in [1.165, 1.54) is 110 Å². The molecule has 0 bridgehead atoms. The molecule has 198 valence electrons. The van der Waals surface area contributed by atoms with E-state index in [9.17, 15) is 0 Å². The van der Waals surface area contributed by atoms with Gasteiger partial charge in [-0.05, 0) is 105 Å². The molecule has 0 atom stereocenters. The zero-order valence-corrected chi connectivity index (χ0v) is 24.3. The minimum atomic E-state index is -0.0453. The Kier molecular flexibility index (Phi) is 8.27. The van der Waals surface area contributed by atoms with Crippen molar-refractivity contribution in [2.75, 3.05) is 0 Å². The lowest BCUT2D eigenvalue weighted by Crippen LogP contribution is -2.40. The Morgan fingerprint density at radius 2 is 0.947 bits per heavy atom. The molecule has 5 rings (SSSR count). The summed E-state index contributed by atoms with van der Waals surface area (Å²) in [7, 11) is 0. The topological polar surface area (TPSA) is 0 Å². The zero-order chi connectivity index (χ0) is 26.6. The van der Waals surface area contributed by atoms with E-state index < -0.39 is 0 Å². The average molecular weight is 503 g/mol. The summed E-state index contributed by atoms with van der Waals surface area (Å²) in [4.78, 5) is 0. The van der Waals surface area contributed by atoms with Crippen molar-refractivity contribution in [3.8, 4) is 0 Å². The van der Waals surface area contributed by atoms with Crippen LogP contribution in [0.2, 0.25) is 0 Å². The first kappa shape index (κ1) is 27.0. The van der Waals surface area contributed by atoms with Crippen LogP contribution in [0.5, 0.6) is 0 Å². The fourth-order valence-corrected chi connectivity index (χ4v) is 7.20. The maximum absolute atomic E-state index is 3.36. The molecule has 1 aliphatic carbocycles. The zero-order valence-electron chi connectivity index (χ0n) is 24.3. The number of hydrogen-bond donors (Lipinski definition) is 0. The Balaban J connectivity index is 1.71. The van der Waals surface area contributed by atoms with Crippen LogP contribution in [0.1, 0.15) is 127 Å². The van der Waals surface area contributed by atoms with Crippen LogP contribution in [0.25, 0.3) is 21.5 Å². The van der Waals surface area contributed by atoms with E-state index in [2.05, 4.69) is 100 Å². The lowest BCUT2D eigenvalue weighted by molar-refractivity contribution is 0.366. The van der Waals surface area contributed by atoms with Gasteiger partial charge in [0.25, 0.3) is 0 Å². The molecule has 0 fully saturated rings. The fraction of sp³-hybridized carbons (Fsp3) is 0.474. The third kappa shape index (κ3) is 5.04. The van der Waals surface area contributed by atoms with Gasteiger partial charge >= 0.3 is 0 Å². The number of benzene rings is 4. The molecule has 2 radical (unpaired) electrons. The summed E-state index contributed by atoms with van der Waals surface area (Å²) >= 11 is 0. The van der Waals surface area contributed by atoms with Gasteiger partial charge in [-0.25, -0.2) is 0 Å². The molecule has 0 N–H and O–H groups in total. The van der Waals surface area contributed by atoms with Gasteiger partial charge in [-0.1, -0.05) is 116 Å². The molecule has 0 unspecified atom stereocenters. The summed E-state index contributed by atoms with van der Waals surface area (Å²) in [6.45, 7) is 9.54. The molecule has 0 spiro atoms. The summed E-state index contributed by atoms with van der Waals surface area (Å²) in [5, 5.41) is 5.35. The minimum Gasteiger partial charge on any atom is -0.0654 e. The highest BCUT2D eigenvalue weighted by Gasteiger charge is 2.46.